The van der Waals surface area contributed by atoms with Crippen molar-refractivity contribution in [3.63, 3.8) is 0 Å². The molecule has 2 fully saturated rings. The van der Waals surface area contributed by atoms with Gasteiger partial charge in [0, 0.05) is 36.7 Å². The van der Waals surface area contributed by atoms with Gasteiger partial charge in [-0.05, 0) is 18.3 Å². The van der Waals surface area contributed by atoms with E-state index in [1.54, 1.807) is 11.6 Å². The van der Waals surface area contributed by atoms with Gasteiger partial charge >= 0.3 is 5.97 Å². The molecule has 2 aliphatic rings. The van der Waals surface area contributed by atoms with Crippen LogP contribution < -0.4 is 5.56 Å². The van der Waals surface area contributed by atoms with E-state index in [1.807, 2.05) is 4.90 Å². The molecule has 2 aromatic rings. The van der Waals surface area contributed by atoms with Gasteiger partial charge < -0.3 is 9.64 Å². The molecule has 1 amide bonds. The van der Waals surface area contributed by atoms with Crippen molar-refractivity contribution >= 4 is 28.2 Å². The van der Waals surface area contributed by atoms with Crippen LogP contribution in [0.5, 0.6) is 0 Å². The van der Waals surface area contributed by atoms with E-state index >= 15 is 0 Å². The zero-order valence-electron chi connectivity index (χ0n) is 16.2. The van der Waals surface area contributed by atoms with Crippen molar-refractivity contribution in [3.05, 3.63) is 33.7 Å². The minimum absolute atomic E-state index is 0.0456. The first-order chi connectivity index (χ1) is 13.4. The number of ether oxygens (including phenoxy) is 1. The summed E-state index contributed by atoms with van der Waals surface area (Å²) in [4.78, 5) is 43.9. The molecule has 0 aromatic carbocycles. The fourth-order valence-electron chi connectivity index (χ4n) is 4.43. The van der Waals surface area contributed by atoms with E-state index in [-0.39, 0.29) is 36.5 Å². The fourth-order valence-corrected chi connectivity index (χ4v) is 5.17. The number of carbonyl (C=O) groups is 2. The Morgan fingerprint density at radius 2 is 2.14 bits per heavy atom. The number of likely N-dealkylation sites (tertiary alicyclic amines) is 1. The van der Waals surface area contributed by atoms with Crippen LogP contribution >= 0.6 is 11.3 Å². The fraction of sp³-hybridized carbons (Fsp3) is 0.600. The van der Waals surface area contributed by atoms with E-state index in [4.69, 9.17) is 4.74 Å². The van der Waals surface area contributed by atoms with Crippen LogP contribution in [0.25, 0.3) is 4.96 Å². The zero-order chi connectivity index (χ0) is 19.8. The van der Waals surface area contributed by atoms with Crippen molar-refractivity contribution < 1.29 is 14.3 Å². The molecular formula is C20H25N3O4S. The van der Waals surface area contributed by atoms with Crippen molar-refractivity contribution in [3.8, 4) is 0 Å². The van der Waals surface area contributed by atoms with Crippen molar-refractivity contribution in [1.82, 2.24) is 14.3 Å². The molecule has 0 bridgehead atoms. The van der Waals surface area contributed by atoms with E-state index in [0.29, 0.717) is 29.0 Å². The quantitative estimate of drug-likeness (QED) is 0.733. The second kappa shape index (κ2) is 7.66. The highest BCUT2D eigenvalue weighted by Crippen LogP contribution is 2.35. The SMILES string of the molecule is C[C@H]1[C@H](N2C[C@H](C(=O)OCc3cc(=O)n4ccsc4n3)CC2=O)CCC[C@@H]1C. The van der Waals surface area contributed by atoms with Crippen LogP contribution in [0, 0.1) is 17.8 Å². The Labute approximate surface area is 167 Å². The lowest BCUT2D eigenvalue weighted by Gasteiger charge is -2.39. The molecular weight excluding hydrogens is 378 g/mol. The summed E-state index contributed by atoms with van der Waals surface area (Å²) in [7, 11) is 0. The van der Waals surface area contributed by atoms with E-state index in [0.717, 1.165) is 12.8 Å². The molecule has 1 aliphatic heterocycles. The molecule has 150 valence electrons. The Bertz CT molecular complexity index is 952. The van der Waals surface area contributed by atoms with Crippen LogP contribution in [-0.2, 0) is 20.9 Å². The molecule has 28 heavy (non-hydrogen) atoms. The van der Waals surface area contributed by atoms with Gasteiger partial charge in [0.25, 0.3) is 5.56 Å². The summed E-state index contributed by atoms with van der Waals surface area (Å²) in [5.74, 6) is 0.255. The molecule has 4 atom stereocenters. The third-order valence-electron chi connectivity index (χ3n) is 6.27. The van der Waals surface area contributed by atoms with Crippen LogP contribution in [0.1, 0.15) is 45.2 Å². The number of aromatic nitrogens is 2. The van der Waals surface area contributed by atoms with Gasteiger partial charge in [0.1, 0.15) is 6.61 Å². The minimum atomic E-state index is -0.441. The van der Waals surface area contributed by atoms with E-state index in [9.17, 15) is 14.4 Å². The second-order valence-corrected chi connectivity index (χ2v) is 8.90. The predicted molar refractivity (Wildman–Crippen MR) is 105 cm³/mol. The number of hydrogen-bond acceptors (Lipinski definition) is 6. The van der Waals surface area contributed by atoms with Crippen LogP contribution in [0.3, 0.4) is 0 Å². The largest absolute Gasteiger partial charge is 0.459 e. The van der Waals surface area contributed by atoms with Gasteiger partial charge in [0.15, 0.2) is 4.96 Å². The summed E-state index contributed by atoms with van der Waals surface area (Å²) < 4.78 is 6.85. The molecule has 8 heteroatoms. The molecule has 1 aliphatic carbocycles. The lowest BCUT2D eigenvalue weighted by atomic mass is 9.77. The standard InChI is InChI=1S/C20H25N3O4S/c1-12-4-3-5-16(13(12)2)23-10-14(8-17(23)24)19(26)27-11-15-9-18(25)22-6-7-28-20(22)21-15/h6-7,9,12-14,16H,3-5,8,10-11H2,1-2H3/t12-,13+,14+,16+/m0/s1. The first kappa shape index (κ1) is 19.1. The molecule has 2 aromatic heterocycles. The average molecular weight is 404 g/mol. The average Bonchev–Trinajstić information content (AvgIpc) is 3.29. The molecule has 1 saturated carbocycles. The number of esters is 1. The molecule has 0 N–H and O–H groups in total. The van der Waals surface area contributed by atoms with Crippen molar-refractivity contribution in [2.45, 2.75) is 52.2 Å². The number of nitrogens with zero attached hydrogens (tertiary/aromatic N) is 3. The highest BCUT2D eigenvalue weighted by Gasteiger charge is 2.42. The Hall–Kier alpha value is -2.22. The normalized spacial score (nSPS) is 28.1. The molecule has 4 rings (SSSR count). The molecule has 0 unspecified atom stereocenters. The van der Waals surface area contributed by atoms with Gasteiger partial charge in [-0.25, -0.2) is 4.98 Å². The lowest BCUT2D eigenvalue weighted by molar-refractivity contribution is -0.149. The summed E-state index contributed by atoms with van der Waals surface area (Å²) in [6.07, 6.45) is 5.20. The molecule has 3 heterocycles. The van der Waals surface area contributed by atoms with Crippen LogP contribution in [0.4, 0.5) is 0 Å². The van der Waals surface area contributed by atoms with Crippen LogP contribution in [-0.4, -0.2) is 38.7 Å². The molecule has 0 radical (unpaired) electrons. The Balaban J connectivity index is 1.38. The molecule has 1 saturated heterocycles. The van der Waals surface area contributed by atoms with Crippen molar-refractivity contribution in [2.75, 3.05) is 6.54 Å². The Morgan fingerprint density at radius 3 is 2.96 bits per heavy atom. The number of rotatable bonds is 4. The molecule has 0 spiro atoms. The summed E-state index contributed by atoms with van der Waals surface area (Å²) >= 11 is 1.35. The smallest absolute Gasteiger partial charge is 0.311 e. The zero-order valence-corrected chi connectivity index (χ0v) is 17.0. The number of carbonyl (C=O) groups excluding carboxylic acids is 2. The molecule has 7 nitrogen and oxygen atoms in total. The van der Waals surface area contributed by atoms with Gasteiger partial charge in [-0.1, -0.05) is 26.7 Å². The maximum absolute atomic E-state index is 12.5. The van der Waals surface area contributed by atoms with Gasteiger partial charge in [-0.15, -0.1) is 11.3 Å². The predicted octanol–water partition coefficient (Wildman–Crippen LogP) is 2.47. The maximum atomic E-state index is 12.5. The first-order valence-corrected chi connectivity index (χ1v) is 10.7. The monoisotopic (exact) mass is 403 g/mol. The Kier molecular flexibility index (Phi) is 5.23. The minimum Gasteiger partial charge on any atom is -0.459 e. The maximum Gasteiger partial charge on any atom is 0.311 e. The second-order valence-electron chi connectivity index (χ2n) is 8.03. The van der Waals surface area contributed by atoms with Gasteiger partial charge in [0.05, 0.1) is 11.6 Å². The van der Waals surface area contributed by atoms with Gasteiger partial charge in [-0.3, -0.25) is 18.8 Å². The van der Waals surface area contributed by atoms with E-state index < -0.39 is 5.92 Å². The topological polar surface area (TPSA) is 81.0 Å². The first-order valence-electron chi connectivity index (χ1n) is 9.86. The highest BCUT2D eigenvalue weighted by atomic mass is 32.1. The number of amides is 1. The third kappa shape index (κ3) is 3.57. The van der Waals surface area contributed by atoms with Crippen LogP contribution in [0.2, 0.25) is 0 Å². The summed E-state index contributed by atoms with van der Waals surface area (Å²) in [5.41, 5.74) is 0.233. The number of hydrogen-bond donors (Lipinski definition) is 0. The highest BCUT2D eigenvalue weighted by molar-refractivity contribution is 7.15. The summed E-state index contributed by atoms with van der Waals surface area (Å²) in [5, 5.41) is 1.78. The van der Waals surface area contributed by atoms with Gasteiger partial charge in [0.2, 0.25) is 5.91 Å². The van der Waals surface area contributed by atoms with E-state index in [1.165, 1.54) is 28.2 Å². The van der Waals surface area contributed by atoms with Crippen molar-refractivity contribution in [2.24, 2.45) is 17.8 Å². The van der Waals surface area contributed by atoms with Crippen LogP contribution in [0.15, 0.2) is 22.4 Å². The summed E-state index contributed by atoms with van der Waals surface area (Å²) in [6.45, 7) is 4.82. The Morgan fingerprint density at radius 1 is 1.32 bits per heavy atom. The number of fused-ring (bicyclic) bond motifs is 1. The lowest BCUT2D eigenvalue weighted by Crippen LogP contribution is -2.45. The van der Waals surface area contributed by atoms with Gasteiger partial charge in [-0.2, -0.15) is 0 Å². The summed E-state index contributed by atoms with van der Waals surface area (Å²) in [6, 6.07) is 1.60. The van der Waals surface area contributed by atoms with E-state index in [2.05, 4.69) is 18.8 Å². The number of thiazole rings is 1. The van der Waals surface area contributed by atoms with Crippen molar-refractivity contribution in [1.29, 1.82) is 0 Å². The third-order valence-corrected chi connectivity index (χ3v) is 7.03.